The third-order valence-corrected chi connectivity index (χ3v) is 4.46. The lowest BCUT2D eigenvalue weighted by molar-refractivity contribution is 0.409. The maximum absolute atomic E-state index is 4.75. The van der Waals surface area contributed by atoms with Crippen LogP contribution in [-0.4, -0.2) is 16.8 Å². The van der Waals surface area contributed by atoms with Gasteiger partial charge < -0.3 is 5.32 Å². The third-order valence-electron chi connectivity index (χ3n) is 4.46. The van der Waals surface area contributed by atoms with Gasteiger partial charge in [-0.1, -0.05) is 56.0 Å². The molecular formula is C18H25N3. The van der Waals surface area contributed by atoms with E-state index in [1.807, 2.05) is 13.2 Å². The largest absolute Gasteiger partial charge is 0.316 e. The Kier molecular flexibility index (Phi) is 4.71. The van der Waals surface area contributed by atoms with E-state index in [-0.39, 0.29) is 0 Å². The molecule has 3 rings (SSSR count). The Morgan fingerprint density at radius 2 is 1.81 bits per heavy atom. The highest BCUT2D eigenvalue weighted by atomic mass is 15.3. The normalized spacial score (nSPS) is 16.8. The summed E-state index contributed by atoms with van der Waals surface area (Å²) in [4.78, 5) is 0. The Hall–Kier alpha value is -1.61. The number of nitrogens with zero attached hydrogens (tertiary/aromatic N) is 2. The minimum absolute atomic E-state index is 0.563. The fourth-order valence-electron chi connectivity index (χ4n) is 3.41. The predicted octanol–water partition coefficient (Wildman–Crippen LogP) is 4.16. The van der Waals surface area contributed by atoms with Crippen molar-refractivity contribution in [3.63, 3.8) is 0 Å². The van der Waals surface area contributed by atoms with E-state index in [0.29, 0.717) is 6.04 Å². The fraction of sp³-hybridized carbons (Fsp3) is 0.500. The Morgan fingerprint density at radius 3 is 2.48 bits per heavy atom. The Labute approximate surface area is 127 Å². The molecule has 1 aromatic heterocycles. The third kappa shape index (κ3) is 3.18. The first-order valence-electron chi connectivity index (χ1n) is 8.16. The molecule has 0 bridgehead atoms. The van der Waals surface area contributed by atoms with E-state index in [9.17, 15) is 0 Å². The lowest BCUT2D eigenvalue weighted by atomic mass is 10.0. The number of aromatic nitrogens is 2. The van der Waals surface area contributed by atoms with E-state index in [0.717, 1.165) is 6.54 Å². The molecule has 0 radical (unpaired) electrons. The van der Waals surface area contributed by atoms with Crippen LogP contribution in [0.4, 0.5) is 0 Å². The summed E-state index contributed by atoms with van der Waals surface area (Å²) in [5.74, 6) is 0. The highest BCUT2D eigenvalue weighted by Gasteiger charge is 2.20. The molecule has 1 fully saturated rings. The molecule has 0 spiro atoms. The van der Waals surface area contributed by atoms with Gasteiger partial charge in [-0.2, -0.15) is 5.10 Å². The number of nitrogens with one attached hydrogen (secondary N) is 1. The molecule has 1 aliphatic rings. The summed E-state index contributed by atoms with van der Waals surface area (Å²) in [6, 6.07) is 11.3. The molecule has 1 saturated carbocycles. The second-order valence-corrected chi connectivity index (χ2v) is 6.00. The topological polar surface area (TPSA) is 29.9 Å². The van der Waals surface area contributed by atoms with Gasteiger partial charge in [0.15, 0.2) is 0 Å². The van der Waals surface area contributed by atoms with Gasteiger partial charge in [0.2, 0.25) is 0 Å². The van der Waals surface area contributed by atoms with Gasteiger partial charge in [-0.15, -0.1) is 0 Å². The van der Waals surface area contributed by atoms with Crippen LogP contribution in [0.1, 0.15) is 50.1 Å². The quantitative estimate of drug-likeness (QED) is 0.854. The van der Waals surface area contributed by atoms with Crippen molar-refractivity contribution in [1.29, 1.82) is 0 Å². The Bertz CT molecular complexity index is 551. The van der Waals surface area contributed by atoms with Crippen LogP contribution in [0.5, 0.6) is 0 Å². The molecule has 0 amide bonds. The van der Waals surface area contributed by atoms with Crippen molar-refractivity contribution in [2.45, 2.75) is 51.1 Å². The van der Waals surface area contributed by atoms with Crippen molar-refractivity contribution in [3.05, 3.63) is 42.1 Å². The monoisotopic (exact) mass is 283 g/mol. The molecule has 1 aromatic carbocycles. The van der Waals surface area contributed by atoms with Crippen molar-refractivity contribution >= 4 is 0 Å². The van der Waals surface area contributed by atoms with E-state index in [4.69, 9.17) is 5.10 Å². The molecule has 21 heavy (non-hydrogen) atoms. The first-order valence-corrected chi connectivity index (χ1v) is 8.16. The van der Waals surface area contributed by atoms with Crippen LogP contribution >= 0.6 is 0 Å². The van der Waals surface area contributed by atoms with Crippen molar-refractivity contribution in [2.75, 3.05) is 7.05 Å². The smallest absolute Gasteiger partial charge is 0.0730 e. The molecule has 112 valence electrons. The van der Waals surface area contributed by atoms with Crippen LogP contribution < -0.4 is 5.32 Å². The first kappa shape index (κ1) is 14.3. The maximum Gasteiger partial charge on any atom is 0.0730 e. The molecule has 3 heteroatoms. The zero-order valence-electron chi connectivity index (χ0n) is 12.9. The molecule has 1 aliphatic carbocycles. The van der Waals surface area contributed by atoms with E-state index < -0.39 is 0 Å². The highest BCUT2D eigenvalue weighted by Crippen LogP contribution is 2.33. The second-order valence-electron chi connectivity index (χ2n) is 6.00. The standard InChI is InChI=1S/C18H25N3/c1-19-13-16-14-20-21(17-11-7-2-3-8-12-17)18(16)15-9-5-4-6-10-15/h4-6,9-10,14,17,19H,2-3,7-8,11-13H2,1H3. The van der Waals surface area contributed by atoms with Crippen molar-refractivity contribution < 1.29 is 0 Å². The van der Waals surface area contributed by atoms with Crippen LogP contribution in [0.25, 0.3) is 11.3 Å². The first-order chi connectivity index (χ1) is 10.4. The molecular weight excluding hydrogens is 258 g/mol. The Morgan fingerprint density at radius 1 is 1.10 bits per heavy atom. The van der Waals surface area contributed by atoms with Gasteiger partial charge in [-0.25, -0.2) is 0 Å². The average Bonchev–Trinajstić information content (AvgIpc) is 2.75. The molecule has 1 N–H and O–H groups in total. The van der Waals surface area contributed by atoms with Gasteiger partial charge in [0.1, 0.15) is 0 Å². The lowest BCUT2D eigenvalue weighted by Crippen LogP contribution is -2.12. The molecule has 0 atom stereocenters. The maximum atomic E-state index is 4.75. The Balaban J connectivity index is 1.99. The minimum atomic E-state index is 0.563. The molecule has 2 aromatic rings. The predicted molar refractivity (Wildman–Crippen MR) is 87.2 cm³/mol. The van der Waals surface area contributed by atoms with Gasteiger partial charge in [-0.05, 0) is 19.9 Å². The van der Waals surface area contributed by atoms with Crippen LogP contribution in [-0.2, 0) is 6.54 Å². The molecule has 0 saturated heterocycles. The van der Waals surface area contributed by atoms with Crippen LogP contribution in [0, 0.1) is 0 Å². The van der Waals surface area contributed by atoms with Gasteiger partial charge in [0.05, 0.1) is 17.9 Å². The zero-order chi connectivity index (χ0) is 14.5. The summed E-state index contributed by atoms with van der Waals surface area (Å²) in [5, 5.41) is 8.02. The summed E-state index contributed by atoms with van der Waals surface area (Å²) in [5.41, 5.74) is 3.88. The minimum Gasteiger partial charge on any atom is -0.316 e. The molecule has 3 nitrogen and oxygen atoms in total. The fourth-order valence-corrected chi connectivity index (χ4v) is 3.41. The lowest BCUT2D eigenvalue weighted by Gasteiger charge is -2.19. The van der Waals surface area contributed by atoms with Gasteiger partial charge in [-0.3, -0.25) is 4.68 Å². The average molecular weight is 283 g/mol. The van der Waals surface area contributed by atoms with Gasteiger partial charge >= 0.3 is 0 Å². The summed E-state index contributed by atoms with van der Waals surface area (Å²) in [6.07, 6.45) is 9.99. The SMILES string of the molecule is CNCc1cnn(C2CCCCCC2)c1-c1ccccc1. The van der Waals surface area contributed by atoms with Crippen molar-refractivity contribution in [1.82, 2.24) is 15.1 Å². The van der Waals surface area contributed by atoms with Crippen molar-refractivity contribution in [3.8, 4) is 11.3 Å². The van der Waals surface area contributed by atoms with E-state index in [1.54, 1.807) is 0 Å². The van der Waals surface area contributed by atoms with Crippen molar-refractivity contribution in [2.24, 2.45) is 0 Å². The summed E-state index contributed by atoms with van der Waals surface area (Å²) in [6.45, 7) is 0.872. The molecule has 0 aliphatic heterocycles. The van der Waals surface area contributed by atoms with Gasteiger partial charge in [0.25, 0.3) is 0 Å². The summed E-state index contributed by atoms with van der Waals surface area (Å²) in [7, 11) is 2.00. The second kappa shape index (κ2) is 6.90. The van der Waals surface area contributed by atoms with Crippen LogP contribution in [0.15, 0.2) is 36.5 Å². The van der Waals surface area contributed by atoms with E-state index in [2.05, 4.69) is 40.3 Å². The molecule has 0 unspecified atom stereocenters. The number of hydrogen-bond acceptors (Lipinski definition) is 2. The van der Waals surface area contributed by atoms with E-state index >= 15 is 0 Å². The molecule has 1 heterocycles. The van der Waals surface area contributed by atoms with Gasteiger partial charge in [0, 0.05) is 17.7 Å². The number of hydrogen-bond donors (Lipinski definition) is 1. The van der Waals surface area contributed by atoms with E-state index in [1.165, 1.54) is 55.3 Å². The zero-order valence-corrected chi connectivity index (χ0v) is 12.9. The van der Waals surface area contributed by atoms with Crippen LogP contribution in [0.3, 0.4) is 0 Å². The summed E-state index contributed by atoms with van der Waals surface area (Å²) >= 11 is 0. The number of rotatable bonds is 4. The highest BCUT2D eigenvalue weighted by molar-refractivity contribution is 5.63. The summed E-state index contributed by atoms with van der Waals surface area (Å²) < 4.78 is 2.30. The van der Waals surface area contributed by atoms with Crippen LogP contribution in [0.2, 0.25) is 0 Å². The number of benzene rings is 1.